The van der Waals surface area contributed by atoms with Crippen molar-refractivity contribution in [3.8, 4) is 0 Å². The zero-order valence-electron chi connectivity index (χ0n) is 12.5. The van der Waals surface area contributed by atoms with Crippen LogP contribution in [0, 0.1) is 0 Å². The van der Waals surface area contributed by atoms with Gasteiger partial charge in [-0.15, -0.1) is 0 Å². The van der Waals surface area contributed by atoms with Gasteiger partial charge in [-0.25, -0.2) is 0 Å². The predicted molar refractivity (Wildman–Crippen MR) is 84.5 cm³/mol. The van der Waals surface area contributed by atoms with Gasteiger partial charge in [-0.1, -0.05) is 30.3 Å². The predicted octanol–water partition coefficient (Wildman–Crippen LogP) is 2.22. The fourth-order valence-electron chi connectivity index (χ4n) is 1.73. The maximum atomic E-state index is 4.51. The summed E-state index contributed by atoms with van der Waals surface area (Å²) in [5, 5.41) is 3.35. The molecule has 0 aliphatic carbocycles. The van der Waals surface area contributed by atoms with Gasteiger partial charge in [0.1, 0.15) is 11.6 Å². The Morgan fingerprint density at radius 1 is 0.950 bits per heavy atom. The van der Waals surface area contributed by atoms with E-state index in [1.54, 1.807) is 0 Å². The minimum atomic E-state index is 0.701. The third-order valence-corrected chi connectivity index (χ3v) is 2.88. The Morgan fingerprint density at radius 2 is 1.65 bits per heavy atom. The van der Waals surface area contributed by atoms with E-state index in [2.05, 4.69) is 27.4 Å². The Kier molecular flexibility index (Phi) is 4.40. The lowest BCUT2D eigenvalue weighted by atomic mass is 10.2. The summed E-state index contributed by atoms with van der Waals surface area (Å²) < 4.78 is 0. The van der Waals surface area contributed by atoms with Crippen molar-refractivity contribution < 1.29 is 0 Å². The summed E-state index contributed by atoms with van der Waals surface area (Å²) in [5.41, 5.74) is 1.23. The van der Waals surface area contributed by atoms with Crippen LogP contribution in [-0.2, 0) is 6.54 Å². The van der Waals surface area contributed by atoms with Gasteiger partial charge in [-0.2, -0.15) is 9.97 Å². The highest BCUT2D eigenvalue weighted by atomic mass is 15.3. The lowest BCUT2D eigenvalue weighted by Gasteiger charge is -2.17. The number of hydrogen-bond acceptors (Lipinski definition) is 5. The Morgan fingerprint density at radius 3 is 2.25 bits per heavy atom. The lowest BCUT2D eigenvalue weighted by Crippen LogP contribution is -2.18. The van der Waals surface area contributed by atoms with Crippen LogP contribution in [0.1, 0.15) is 5.56 Å². The average molecular weight is 271 g/mol. The largest absolute Gasteiger partial charge is 0.366 e. The number of benzene rings is 1. The van der Waals surface area contributed by atoms with Gasteiger partial charge in [0.15, 0.2) is 0 Å². The number of rotatable bonds is 5. The molecule has 0 saturated carbocycles. The van der Waals surface area contributed by atoms with Crippen molar-refractivity contribution in [1.29, 1.82) is 0 Å². The quantitative estimate of drug-likeness (QED) is 0.903. The molecule has 1 heterocycles. The smallest absolute Gasteiger partial charge is 0.228 e. The molecule has 0 radical (unpaired) electrons. The summed E-state index contributed by atoms with van der Waals surface area (Å²) >= 11 is 0. The maximum absolute atomic E-state index is 4.51. The first-order chi connectivity index (χ1) is 9.56. The van der Waals surface area contributed by atoms with Crippen molar-refractivity contribution in [2.45, 2.75) is 6.54 Å². The molecule has 1 N–H and O–H groups in total. The molecule has 2 rings (SSSR count). The van der Waals surface area contributed by atoms with E-state index >= 15 is 0 Å². The first-order valence-corrected chi connectivity index (χ1v) is 6.58. The van der Waals surface area contributed by atoms with Crippen LogP contribution in [0.2, 0.25) is 0 Å². The first kappa shape index (κ1) is 14.1. The van der Waals surface area contributed by atoms with E-state index in [4.69, 9.17) is 0 Å². The first-order valence-electron chi connectivity index (χ1n) is 6.58. The van der Waals surface area contributed by atoms with E-state index in [1.165, 1.54) is 5.56 Å². The van der Waals surface area contributed by atoms with Crippen molar-refractivity contribution in [2.75, 3.05) is 43.3 Å². The second kappa shape index (κ2) is 6.23. The summed E-state index contributed by atoms with van der Waals surface area (Å²) in [4.78, 5) is 12.9. The number of aromatic nitrogens is 2. The third kappa shape index (κ3) is 3.60. The van der Waals surface area contributed by atoms with E-state index in [0.29, 0.717) is 5.95 Å². The standard InChI is InChI=1S/C15H21N5/c1-19(2)14-10-13(17-15(18-14)20(3)4)16-11-12-8-6-5-7-9-12/h5-10H,11H2,1-4H3,(H,16,17,18). The molecule has 0 saturated heterocycles. The zero-order chi connectivity index (χ0) is 14.5. The normalized spacial score (nSPS) is 10.2. The maximum Gasteiger partial charge on any atom is 0.228 e. The van der Waals surface area contributed by atoms with E-state index in [0.717, 1.165) is 18.2 Å². The minimum absolute atomic E-state index is 0.701. The number of hydrogen-bond donors (Lipinski definition) is 1. The Bertz CT molecular complexity index is 525. The highest BCUT2D eigenvalue weighted by Crippen LogP contribution is 2.18. The molecule has 2 aromatic rings. The fraction of sp³-hybridized carbons (Fsp3) is 0.333. The topological polar surface area (TPSA) is 44.3 Å². The Hall–Kier alpha value is -2.30. The van der Waals surface area contributed by atoms with Crippen LogP contribution in [-0.4, -0.2) is 38.2 Å². The van der Waals surface area contributed by atoms with Crippen LogP contribution in [0.3, 0.4) is 0 Å². The molecule has 0 bridgehead atoms. The van der Waals surface area contributed by atoms with Gasteiger partial charge in [-0.05, 0) is 5.56 Å². The number of nitrogens with zero attached hydrogens (tertiary/aromatic N) is 4. The lowest BCUT2D eigenvalue weighted by molar-refractivity contribution is 0.961. The molecule has 5 heteroatoms. The summed E-state index contributed by atoms with van der Waals surface area (Å²) in [5.74, 6) is 2.42. The van der Waals surface area contributed by atoms with Crippen molar-refractivity contribution in [1.82, 2.24) is 9.97 Å². The molecule has 0 aliphatic rings. The van der Waals surface area contributed by atoms with Crippen LogP contribution < -0.4 is 15.1 Å². The molecule has 5 nitrogen and oxygen atoms in total. The summed E-state index contributed by atoms with van der Waals surface area (Å²) in [6.07, 6.45) is 0. The third-order valence-electron chi connectivity index (χ3n) is 2.88. The van der Waals surface area contributed by atoms with Gasteiger partial charge >= 0.3 is 0 Å². The average Bonchev–Trinajstić information content (AvgIpc) is 2.45. The van der Waals surface area contributed by atoms with Gasteiger partial charge in [-0.3, -0.25) is 0 Å². The zero-order valence-corrected chi connectivity index (χ0v) is 12.5. The SMILES string of the molecule is CN(C)c1cc(NCc2ccccc2)nc(N(C)C)n1. The van der Waals surface area contributed by atoms with Crippen LogP contribution in [0.25, 0.3) is 0 Å². The molecule has 0 fully saturated rings. The van der Waals surface area contributed by atoms with Crippen molar-refractivity contribution in [2.24, 2.45) is 0 Å². The second-order valence-corrected chi connectivity index (χ2v) is 5.04. The monoisotopic (exact) mass is 271 g/mol. The van der Waals surface area contributed by atoms with Gasteiger partial charge in [0.05, 0.1) is 0 Å². The minimum Gasteiger partial charge on any atom is -0.366 e. The molecular weight excluding hydrogens is 250 g/mol. The number of anilines is 3. The van der Waals surface area contributed by atoms with Crippen LogP contribution in [0.4, 0.5) is 17.6 Å². The summed E-state index contributed by atoms with van der Waals surface area (Å²) in [7, 11) is 7.83. The van der Waals surface area contributed by atoms with E-state index in [9.17, 15) is 0 Å². The molecule has 0 spiro atoms. The Labute approximate surface area is 120 Å². The van der Waals surface area contributed by atoms with Crippen molar-refractivity contribution >= 4 is 17.6 Å². The molecule has 106 valence electrons. The van der Waals surface area contributed by atoms with Gasteiger partial charge in [0.2, 0.25) is 5.95 Å². The molecule has 20 heavy (non-hydrogen) atoms. The Balaban J connectivity index is 2.18. The van der Waals surface area contributed by atoms with E-state index < -0.39 is 0 Å². The van der Waals surface area contributed by atoms with Gasteiger partial charge in [0, 0.05) is 40.8 Å². The molecule has 0 atom stereocenters. The second-order valence-electron chi connectivity index (χ2n) is 5.04. The van der Waals surface area contributed by atoms with Crippen LogP contribution in [0.15, 0.2) is 36.4 Å². The van der Waals surface area contributed by atoms with Crippen molar-refractivity contribution in [3.63, 3.8) is 0 Å². The van der Waals surface area contributed by atoms with Gasteiger partial charge < -0.3 is 15.1 Å². The molecule has 1 aromatic carbocycles. The van der Waals surface area contributed by atoms with Gasteiger partial charge in [0.25, 0.3) is 0 Å². The highest BCUT2D eigenvalue weighted by molar-refractivity contribution is 5.53. The summed E-state index contributed by atoms with van der Waals surface area (Å²) in [6.45, 7) is 0.748. The fourth-order valence-corrected chi connectivity index (χ4v) is 1.73. The highest BCUT2D eigenvalue weighted by Gasteiger charge is 2.07. The summed E-state index contributed by atoms with van der Waals surface area (Å²) in [6, 6.07) is 12.2. The molecule has 0 aliphatic heterocycles. The molecule has 0 amide bonds. The van der Waals surface area contributed by atoms with E-state index in [1.807, 2.05) is 62.3 Å². The van der Waals surface area contributed by atoms with Crippen LogP contribution >= 0.6 is 0 Å². The molecule has 0 unspecified atom stereocenters. The molecule has 1 aromatic heterocycles. The van der Waals surface area contributed by atoms with E-state index in [-0.39, 0.29) is 0 Å². The van der Waals surface area contributed by atoms with Crippen LogP contribution in [0.5, 0.6) is 0 Å². The van der Waals surface area contributed by atoms with Crippen molar-refractivity contribution in [3.05, 3.63) is 42.0 Å². The molecular formula is C15H21N5. The number of nitrogens with one attached hydrogen (secondary N) is 1.